The van der Waals surface area contributed by atoms with E-state index in [-0.39, 0.29) is 5.82 Å². The maximum absolute atomic E-state index is 13.1. The molecule has 2 aliphatic heterocycles. The van der Waals surface area contributed by atoms with E-state index >= 15 is 0 Å². The van der Waals surface area contributed by atoms with Gasteiger partial charge in [0, 0.05) is 55.5 Å². The minimum atomic E-state index is -0.157. The number of hydrogen-bond donors (Lipinski definition) is 0. The zero-order chi connectivity index (χ0) is 20.5. The van der Waals surface area contributed by atoms with Crippen molar-refractivity contribution in [2.45, 2.75) is 44.7 Å². The largest absolute Gasteiger partial charge is 0.365 e. The Balaban J connectivity index is 1.23. The second-order valence-electron chi connectivity index (χ2n) is 8.69. The van der Waals surface area contributed by atoms with Gasteiger partial charge in [-0.25, -0.2) is 9.37 Å². The van der Waals surface area contributed by atoms with E-state index < -0.39 is 0 Å². The highest BCUT2D eigenvalue weighted by molar-refractivity contribution is 5.64. The third kappa shape index (κ3) is 3.86. The molecule has 4 nitrogen and oxygen atoms in total. The van der Waals surface area contributed by atoms with Crippen molar-refractivity contribution < 1.29 is 4.39 Å². The maximum Gasteiger partial charge on any atom is 0.123 e. The SMILES string of the molecule is CC1Cc2ccc(-n3ccnc3)cc2N1C1CCN(CCc2ccc(F)cc2)CC1. The first-order chi connectivity index (χ1) is 14.7. The summed E-state index contributed by atoms with van der Waals surface area (Å²) >= 11 is 0. The van der Waals surface area contributed by atoms with Crippen LogP contribution in [0, 0.1) is 5.82 Å². The van der Waals surface area contributed by atoms with Crippen LogP contribution < -0.4 is 4.90 Å². The van der Waals surface area contributed by atoms with Crippen molar-refractivity contribution in [2.24, 2.45) is 0 Å². The molecule has 3 heterocycles. The smallest absolute Gasteiger partial charge is 0.123 e. The summed E-state index contributed by atoms with van der Waals surface area (Å²) in [7, 11) is 0. The Morgan fingerprint density at radius 1 is 1.07 bits per heavy atom. The van der Waals surface area contributed by atoms with Gasteiger partial charge in [-0.05, 0) is 68.0 Å². The number of anilines is 1. The van der Waals surface area contributed by atoms with Gasteiger partial charge in [-0.1, -0.05) is 18.2 Å². The number of likely N-dealkylation sites (tertiary alicyclic amines) is 1. The van der Waals surface area contributed by atoms with E-state index in [1.807, 2.05) is 30.9 Å². The molecule has 156 valence electrons. The molecule has 0 spiro atoms. The summed E-state index contributed by atoms with van der Waals surface area (Å²) in [6.45, 7) is 5.67. The lowest BCUT2D eigenvalue weighted by molar-refractivity contribution is 0.208. The van der Waals surface area contributed by atoms with E-state index in [1.54, 1.807) is 12.1 Å². The number of fused-ring (bicyclic) bond motifs is 1. The first-order valence-electron chi connectivity index (χ1n) is 11.0. The minimum Gasteiger partial charge on any atom is -0.365 e. The molecule has 1 unspecified atom stereocenters. The molecule has 1 aromatic heterocycles. The Hall–Kier alpha value is -2.66. The summed E-state index contributed by atoms with van der Waals surface area (Å²) in [5, 5.41) is 0. The molecular weight excluding hydrogens is 375 g/mol. The lowest BCUT2D eigenvalue weighted by atomic mass is 10.0. The summed E-state index contributed by atoms with van der Waals surface area (Å²) in [5.74, 6) is -0.157. The molecule has 30 heavy (non-hydrogen) atoms. The van der Waals surface area contributed by atoms with E-state index in [1.165, 1.54) is 35.3 Å². The number of imidazole rings is 1. The molecule has 2 aliphatic rings. The van der Waals surface area contributed by atoms with Gasteiger partial charge < -0.3 is 14.4 Å². The number of rotatable bonds is 5. The normalized spacial score (nSPS) is 19.9. The van der Waals surface area contributed by atoms with Crippen LogP contribution in [0.25, 0.3) is 5.69 Å². The van der Waals surface area contributed by atoms with Crippen molar-refractivity contribution in [3.63, 3.8) is 0 Å². The molecule has 1 atom stereocenters. The number of piperidine rings is 1. The van der Waals surface area contributed by atoms with Crippen LogP contribution in [-0.2, 0) is 12.8 Å². The molecule has 0 saturated carbocycles. The molecule has 5 rings (SSSR count). The second kappa shape index (κ2) is 8.23. The van der Waals surface area contributed by atoms with E-state index in [0.717, 1.165) is 32.5 Å². The number of benzene rings is 2. The fourth-order valence-electron chi connectivity index (χ4n) is 5.11. The van der Waals surface area contributed by atoms with Gasteiger partial charge in [0.15, 0.2) is 0 Å². The molecule has 0 aliphatic carbocycles. The number of aromatic nitrogens is 2. The number of halogens is 1. The lowest BCUT2D eigenvalue weighted by Gasteiger charge is -2.40. The average Bonchev–Trinajstić information content (AvgIpc) is 3.41. The molecule has 0 radical (unpaired) electrons. The van der Waals surface area contributed by atoms with Gasteiger partial charge in [0.1, 0.15) is 5.82 Å². The predicted molar refractivity (Wildman–Crippen MR) is 119 cm³/mol. The van der Waals surface area contributed by atoms with Crippen LogP contribution in [0.5, 0.6) is 0 Å². The van der Waals surface area contributed by atoms with E-state index in [9.17, 15) is 4.39 Å². The molecule has 1 saturated heterocycles. The van der Waals surface area contributed by atoms with Crippen molar-refractivity contribution in [3.8, 4) is 5.69 Å². The Morgan fingerprint density at radius 2 is 1.87 bits per heavy atom. The van der Waals surface area contributed by atoms with Crippen LogP contribution in [0.1, 0.15) is 30.9 Å². The van der Waals surface area contributed by atoms with Crippen molar-refractivity contribution in [1.82, 2.24) is 14.5 Å². The summed E-state index contributed by atoms with van der Waals surface area (Å²) in [6.07, 6.45) is 10.2. The molecule has 2 aromatic carbocycles. The fraction of sp³-hybridized carbons (Fsp3) is 0.400. The van der Waals surface area contributed by atoms with Crippen molar-refractivity contribution in [1.29, 1.82) is 0 Å². The molecule has 0 N–H and O–H groups in total. The number of hydrogen-bond acceptors (Lipinski definition) is 3. The van der Waals surface area contributed by atoms with E-state index in [0.29, 0.717) is 12.1 Å². The highest BCUT2D eigenvalue weighted by Crippen LogP contribution is 2.37. The minimum absolute atomic E-state index is 0.157. The monoisotopic (exact) mass is 404 g/mol. The Kier molecular flexibility index (Phi) is 5.30. The topological polar surface area (TPSA) is 24.3 Å². The first-order valence-corrected chi connectivity index (χ1v) is 11.0. The van der Waals surface area contributed by atoms with Gasteiger partial charge in [-0.2, -0.15) is 0 Å². The van der Waals surface area contributed by atoms with Crippen molar-refractivity contribution in [2.75, 3.05) is 24.5 Å². The van der Waals surface area contributed by atoms with Gasteiger partial charge in [-0.15, -0.1) is 0 Å². The highest BCUT2D eigenvalue weighted by atomic mass is 19.1. The predicted octanol–water partition coefficient (Wildman–Crippen LogP) is 4.47. The van der Waals surface area contributed by atoms with Crippen LogP contribution in [0.4, 0.5) is 10.1 Å². The first kappa shape index (κ1) is 19.3. The molecule has 0 bridgehead atoms. The van der Waals surface area contributed by atoms with E-state index in [4.69, 9.17) is 0 Å². The second-order valence-corrected chi connectivity index (χ2v) is 8.69. The van der Waals surface area contributed by atoms with Crippen LogP contribution >= 0.6 is 0 Å². The third-order valence-corrected chi connectivity index (χ3v) is 6.72. The Morgan fingerprint density at radius 3 is 2.60 bits per heavy atom. The molecule has 3 aromatic rings. The summed E-state index contributed by atoms with van der Waals surface area (Å²) in [5.41, 5.74) is 5.26. The van der Waals surface area contributed by atoms with Crippen molar-refractivity contribution in [3.05, 3.63) is 78.1 Å². The van der Waals surface area contributed by atoms with Crippen LogP contribution in [-0.4, -0.2) is 46.2 Å². The van der Waals surface area contributed by atoms with Gasteiger partial charge >= 0.3 is 0 Å². The average molecular weight is 405 g/mol. The van der Waals surface area contributed by atoms with Crippen molar-refractivity contribution >= 4 is 5.69 Å². The summed E-state index contributed by atoms with van der Waals surface area (Å²) in [4.78, 5) is 9.43. The summed E-state index contributed by atoms with van der Waals surface area (Å²) < 4.78 is 15.2. The van der Waals surface area contributed by atoms with Gasteiger partial charge in [-0.3, -0.25) is 0 Å². The third-order valence-electron chi connectivity index (χ3n) is 6.72. The quantitative estimate of drug-likeness (QED) is 0.627. The molecular formula is C25H29FN4. The number of nitrogens with zero attached hydrogens (tertiary/aromatic N) is 4. The highest BCUT2D eigenvalue weighted by Gasteiger charge is 2.33. The summed E-state index contributed by atoms with van der Waals surface area (Å²) in [6, 6.07) is 14.9. The zero-order valence-corrected chi connectivity index (χ0v) is 17.5. The zero-order valence-electron chi connectivity index (χ0n) is 17.5. The fourth-order valence-corrected chi connectivity index (χ4v) is 5.11. The van der Waals surface area contributed by atoms with Crippen LogP contribution in [0.15, 0.2) is 61.2 Å². The van der Waals surface area contributed by atoms with Crippen LogP contribution in [0.3, 0.4) is 0 Å². The Labute approximate surface area is 178 Å². The Bertz CT molecular complexity index is 975. The van der Waals surface area contributed by atoms with Gasteiger partial charge in [0.25, 0.3) is 0 Å². The molecule has 0 amide bonds. The molecule has 1 fully saturated rings. The standard InChI is InChI=1S/C25H29FN4/c1-19-16-21-4-7-24(29-15-11-27-18-29)17-25(21)30(19)23-9-13-28(14-10-23)12-8-20-2-5-22(26)6-3-20/h2-7,11,15,17-19,23H,8-10,12-14,16H2,1H3. The maximum atomic E-state index is 13.1. The van der Waals surface area contributed by atoms with E-state index in [2.05, 4.69) is 44.5 Å². The van der Waals surface area contributed by atoms with Gasteiger partial charge in [0.2, 0.25) is 0 Å². The van der Waals surface area contributed by atoms with Gasteiger partial charge in [0.05, 0.1) is 6.33 Å². The lowest BCUT2D eigenvalue weighted by Crippen LogP contribution is -2.47. The van der Waals surface area contributed by atoms with Crippen LogP contribution in [0.2, 0.25) is 0 Å². The molecule has 5 heteroatoms.